The number of carbonyl (C=O) groups excluding carboxylic acids is 1. The highest BCUT2D eigenvalue weighted by Crippen LogP contribution is 2.36. The fourth-order valence-corrected chi connectivity index (χ4v) is 4.32. The van der Waals surface area contributed by atoms with Crippen molar-refractivity contribution >= 4 is 39.2 Å². The Morgan fingerprint density at radius 3 is 2.88 bits per heavy atom. The van der Waals surface area contributed by atoms with Gasteiger partial charge in [-0.05, 0) is 18.6 Å². The average molecular weight is 368 g/mol. The van der Waals surface area contributed by atoms with Crippen LogP contribution >= 0.6 is 23.1 Å². The number of nitrogens with one attached hydrogen (secondary N) is 1. The molecule has 3 rings (SSSR count). The van der Waals surface area contributed by atoms with Crippen molar-refractivity contribution in [2.24, 2.45) is 0 Å². The van der Waals surface area contributed by atoms with Crippen LogP contribution in [0.1, 0.15) is 12.2 Å². The van der Waals surface area contributed by atoms with Gasteiger partial charge in [0.2, 0.25) is 5.91 Å². The first-order valence-corrected chi connectivity index (χ1v) is 9.57. The summed E-state index contributed by atoms with van der Waals surface area (Å²) in [4.78, 5) is 23.0. The van der Waals surface area contributed by atoms with Gasteiger partial charge in [-0.15, -0.1) is 11.3 Å². The predicted octanol–water partition coefficient (Wildman–Crippen LogP) is 3.79. The van der Waals surface area contributed by atoms with Gasteiger partial charge in [-0.25, -0.2) is 9.97 Å². The molecule has 25 heavy (non-hydrogen) atoms. The van der Waals surface area contributed by atoms with Crippen LogP contribution in [0.4, 0.5) is 0 Å². The smallest absolute Gasteiger partial charge is 0.230 e. The third kappa shape index (κ3) is 4.35. The van der Waals surface area contributed by atoms with Crippen molar-refractivity contribution in [1.82, 2.24) is 15.3 Å². The van der Waals surface area contributed by atoms with Crippen molar-refractivity contribution < 1.29 is 4.79 Å². The molecule has 0 radical (unpaired) electrons. The van der Waals surface area contributed by atoms with Gasteiger partial charge in [0.1, 0.15) is 15.7 Å². The van der Waals surface area contributed by atoms with E-state index in [0.29, 0.717) is 18.8 Å². The second-order valence-corrected chi connectivity index (χ2v) is 7.31. The Bertz CT molecular complexity index is 931. The van der Waals surface area contributed by atoms with Crippen molar-refractivity contribution in [1.29, 1.82) is 5.26 Å². The van der Waals surface area contributed by atoms with Crippen LogP contribution in [0.25, 0.3) is 20.7 Å². The number of aromatic nitrogens is 2. The molecule has 0 saturated heterocycles. The number of thiophene rings is 1. The minimum Gasteiger partial charge on any atom is -0.354 e. The number of hydrogen-bond donors (Lipinski definition) is 1. The van der Waals surface area contributed by atoms with Crippen LogP contribution in [0, 0.1) is 18.3 Å². The Labute approximate surface area is 154 Å². The number of benzene rings is 1. The first-order chi connectivity index (χ1) is 12.2. The molecule has 0 aliphatic rings. The number of carbonyl (C=O) groups is 1. The predicted molar refractivity (Wildman–Crippen MR) is 102 cm³/mol. The van der Waals surface area contributed by atoms with E-state index in [2.05, 4.69) is 33.5 Å². The van der Waals surface area contributed by atoms with Crippen molar-refractivity contribution in [3.05, 3.63) is 42.2 Å². The first kappa shape index (κ1) is 17.4. The molecule has 2 aromatic heterocycles. The van der Waals surface area contributed by atoms with Gasteiger partial charge in [0.25, 0.3) is 0 Å². The highest BCUT2D eigenvalue weighted by atomic mass is 32.2. The third-order valence-electron chi connectivity index (χ3n) is 3.43. The molecule has 0 aliphatic carbocycles. The molecule has 1 amide bonds. The van der Waals surface area contributed by atoms with E-state index >= 15 is 0 Å². The van der Waals surface area contributed by atoms with Crippen LogP contribution < -0.4 is 5.32 Å². The van der Waals surface area contributed by atoms with Gasteiger partial charge in [0.15, 0.2) is 0 Å². The summed E-state index contributed by atoms with van der Waals surface area (Å²) in [6, 6.07) is 14.3. The summed E-state index contributed by atoms with van der Waals surface area (Å²) in [6.07, 6.45) is 0.318. The fraction of sp³-hybridized carbons (Fsp3) is 0.222. The minimum atomic E-state index is -0.0943. The number of thioether (sulfide) groups is 1. The number of nitriles is 1. The van der Waals surface area contributed by atoms with Crippen LogP contribution in [0.2, 0.25) is 0 Å². The lowest BCUT2D eigenvalue weighted by atomic mass is 10.2. The van der Waals surface area contributed by atoms with Gasteiger partial charge in [-0.3, -0.25) is 4.79 Å². The SMILES string of the molecule is Cc1nc(SCC(=O)NCCC#N)c2cc(-c3ccccc3)sc2n1. The zero-order valence-electron chi connectivity index (χ0n) is 13.7. The molecule has 0 saturated carbocycles. The van der Waals surface area contributed by atoms with Crippen LogP contribution in [-0.4, -0.2) is 28.2 Å². The first-order valence-electron chi connectivity index (χ1n) is 7.77. The molecule has 0 bridgehead atoms. The van der Waals surface area contributed by atoms with Crippen molar-refractivity contribution in [2.45, 2.75) is 18.4 Å². The van der Waals surface area contributed by atoms with E-state index in [0.717, 1.165) is 25.7 Å². The molecule has 1 aromatic carbocycles. The highest BCUT2D eigenvalue weighted by Gasteiger charge is 2.13. The lowest BCUT2D eigenvalue weighted by molar-refractivity contribution is -0.118. The maximum Gasteiger partial charge on any atom is 0.230 e. The Balaban J connectivity index is 1.82. The van der Waals surface area contributed by atoms with Gasteiger partial charge in [0.05, 0.1) is 18.2 Å². The monoisotopic (exact) mass is 368 g/mol. The standard InChI is InChI=1S/C18H16N4OS2/c1-12-21-17(24-11-16(23)20-9-5-8-19)14-10-15(25-18(14)22-12)13-6-3-2-4-7-13/h2-4,6-7,10H,5,9,11H2,1H3,(H,20,23). The van der Waals surface area contributed by atoms with Crippen LogP contribution in [-0.2, 0) is 4.79 Å². The maximum absolute atomic E-state index is 11.9. The van der Waals surface area contributed by atoms with E-state index in [1.165, 1.54) is 11.8 Å². The van der Waals surface area contributed by atoms with Crippen molar-refractivity contribution in [2.75, 3.05) is 12.3 Å². The summed E-state index contributed by atoms with van der Waals surface area (Å²) < 4.78 is 0. The molecular weight excluding hydrogens is 352 g/mol. The van der Waals surface area contributed by atoms with Gasteiger partial charge < -0.3 is 5.32 Å². The molecule has 2 heterocycles. The molecule has 7 heteroatoms. The van der Waals surface area contributed by atoms with Gasteiger partial charge >= 0.3 is 0 Å². The molecule has 0 spiro atoms. The number of nitrogens with zero attached hydrogens (tertiary/aromatic N) is 3. The van der Waals surface area contributed by atoms with Gasteiger partial charge in [-0.2, -0.15) is 5.26 Å². The Morgan fingerprint density at radius 1 is 1.32 bits per heavy atom. The summed E-state index contributed by atoms with van der Waals surface area (Å²) in [5.74, 6) is 0.873. The zero-order chi connectivity index (χ0) is 17.6. The minimum absolute atomic E-state index is 0.0943. The topological polar surface area (TPSA) is 78.7 Å². The van der Waals surface area contributed by atoms with Gasteiger partial charge in [0, 0.05) is 16.8 Å². The van der Waals surface area contributed by atoms with E-state index in [-0.39, 0.29) is 11.7 Å². The van der Waals surface area contributed by atoms with E-state index < -0.39 is 0 Å². The van der Waals surface area contributed by atoms with Crippen LogP contribution in [0.5, 0.6) is 0 Å². The quantitative estimate of drug-likeness (QED) is 0.407. The molecule has 0 aliphatic heterocycles. The third-order valence-corrected chi connectivity index (χ3v) is 5.50. The van der Waals surface area contributed by atoms with Crippen molar-refractivity contribution in [3.63, 3.8) is 0 Å². The summed E-state index contributed by atoms with van der Waals surface area (Å²) in [5.41, 5.74) is 1.15. The molecule has 126 valence electrons. The maximum atomic E-state index is 11.9. The van der Waals surface area contributed by atoms with E-state index in [9.17, 15) is 4.79 Å². The molecule has 3 aromatic rings. The summed E-state index contributed by atoms with van der Waals surface area (Å²) in [7, 11) is 0. The zero-order valence-corrected chi connectivity index (χ0v) is 15.3. The number of hydrogen-bond acceptors (Lipinski definition) is 6. The van der Waals surface area contributed by atoms with E-state index in [4.69, 9.17) is 5.26 Å². The normalized spacial score (nSPS) is 10.6. The van der Waals surface area contributed by atoms with Crippen LogP contribution in [0.3, 0.4) is 0 Å². The lowest BCUT2D eigenvalue weighted by Gasteiger charge is -2.04. The Kier molecular flexibility index (Phi) is 5.64. The fourth-order valence-electron chi connectivity index (χ4n) is 2.29. The van der Waals surface area contributed by atoms with Crippen LogP contribution in [0.15, 0.2) is 41.4 Å². The average Bonchev–Trinajstić information content (AvgIpc) is 3.04. The Hall–Kier alpha value is -2.43. The lowest BCUT2D eigenvalue weighted by Crippen LogP contribution is -2.25. The molecule has 5 nitrogen and oxygen atoms in total. The van der Waals surface area contributed by atoms with Gasteiger partial charge in [-0.1, -0.05) is 42.1 Å². The number of amides is 1. The molecule has 0 atom stereocenters. The molecule has 0 fully saturated rings. The van der Waals surface area contributed by atoms with E-state index in [1.54, 1.807) is 11.3 Å². The largest absolute Gasteiger partial charge is 0.354 e. The Morgan fingerprint density at radius 2 is 2.12 bits per heavy atom. The number of rotatable bonds is 6. The summed E-state index contributed by atoms with van der Waals surface area (Å²) in [5, 5.41) is 13.0. The highest BCUT2D eigenvalue weighted by molar-refractivity contribution is 8.00. The second-order valence-electron chi connectivity index (χ2n) is 5.32. The summed E-state index contributed by atoms with van der Waals surface area (Å²) >= 11 is 3.03. The second kappa shape index (κ2) is 8.10. The molecule has 1 N–H and O–H groups in total. The van der Waals surface area contributed by atoms with Crippen molar-refractivity contribution in [3.8, 4) is 16.5 Å². The summed E-state index contributed by atoms with van der Waals surface area (Å²) in [6.45, 7) is 2.24. The number of fused-ring (bicyclic) bond motifs is 1. The molecular formula is C18H16N4OS2. The number of aryl methyl sites for hydroxylation is 1. The molecule has 0 unspecified atom stereocenters. The van der Waals surface area contributed by atoms with E-state index in [1.807, 2.05) is 31.2 Å².